The molecule has 0 bridgehead atoms. The lowest BCUT2D eigenvalue weighted by atomic mass is 10.1. The Bertz CT molecular complexity index is 460. The predicted octanol–water partition coefficient (Wildman–Crippen LogP) is 1.50. The molecule has 4 heteroatoms. The standard InChI is InChI=1S/C16H24N2O2/c1-12-4-3-5-14(10-12)6-7-16(19)18-8-9-20-15(11-18)13(2)17/h3-5,10,13,15H,6-9,11,17H2,1-2H3. The first-order valence-corrected chi connectivity index (χ1v) is 7.27. The van der Waals surface area contributed by atoms with Crippen LogP contribution in [0.1, 0.15) is 24.5 Å². The van der Waals surface area contributed by atoms with Crippen molar-refractivity contribution in [2.75, 3.05) is 19.7 Å². The number of amides is 1. The maximum absolute atomic E-state index is 12.3. The summed E-state index contributed by atoms with van der Waals surface area (Å²) < 4.78 is 5.58. The van der Waals surface area contributed by atoms with Crippen LogP contribution in [0.25, 0.3) is 0 Å². The Morgan fingerprint density at radius 1 is 1.55 bits per heavy atom. The molecule has 4 nitrogen and oxygen atoms in total. The molecular formula is C16H24N2O2. The lowest BCUT2D eigenvalue weighted by Gasteiger charge is -2.34. The molecule has 1 amide bonds. The van der Waals surface area contributed by atoms with Crippen LogP contribution in [0.15, 0.2) is 24.3 Å². The normalized spacial score (nSPS) is 20.8. The molecule has 2 rings (SSSR count). The van der Waals surface area contributed by atoms with Gasteiger partial charge in [-0.15, -0.1) is 0 Å². The number of aryl methyl sites for hydroxylation is 2. The van der Waals surface area contributed by atoms with Crippen LogP contribution < -0.4 is 5.73 Å². The summed E-state index contributed by atoms with van der Waals surface area (Å²) in [6.07, 6.45) is 1.31. The highest BCUT2D eigenvalue weighted by atomic mass is 16.5. The monoisotopic (exact) mass is 276 g/mol. The van der Waals surface area contributed by atoms with Gasteiger partial charge in [0.25, 0.3) is 0 Å². The highest BCUT2D eigenvalue weighted by Gasteiger charge is 2.26. The summed E-state index contributed by atoms with van der Waals surface area (Å²) >= 11 is 0. The largest absolute Gasteiger partial charge is 0.373 e. The Morgan fingerprint density at radius 3 is 3.05 bits per heavy atom. The van der Waals surface area contributed by atoms with E-state index in [1.54, 1.807) is 0 Å². The lowest BCUT2D eigenvalue weighted by molar-refractivity contribution is -0.139. The number of nitrogens with two attached hydrogens (primary N) is 1. The van der Waals surface area contributed by atoms with Gasteiger partial charge in [-0.2, -0.15) is 0 Å². The van der Waals surface area contributed by atoms with Gasteiger partial charge in [0.05, 0.1) is 12.7 Å². The lowest BCUT2D eigenvalue weighted by Crippen LogP contribution is -2.51. The first-order valence-electron chi connectivity index (χ1n) is 7.27. The zero-order chi connectivity index (χ0) is 14.5. The topological polar surface area (TPSA) is 55.6 Å². The van der Waals surface area contributed by atoms with Crippen molar-refractivity contribution in [3.63, 3.8) is 0 Å². The number of rotatable bonds is 4. The molecule has 2 N–H and O–H groups in total. The van der Waals surface area contributed by atoms with Gasteiger partial charge in [0.2, 0.25) is 5.91 Å². The minimum Gasteiger partial charge on any atom is -0.373 e. The van der Waals surface area contributed by atoms with Gasteiger partial charge < -0.3 is 15.4 Å². The fraction of sp³-hybridized carbons (Fsp3) is 0.562. The van der Waals surface area contributed by atoms with E-state index in [0.717, 1.165) is 6.42 Å². The quantitative estimate of drug-likeness (QED) is 0.906. The van der Waals surface area contributed by atoms with E-state index in [2.05, 4.69) is 25.1 Å². The molecular weight excluding hydrogens is 252 g/mol. The molecule has 0 radical (unpaired) electrons. The van der Waals surface area contributed by atoms with Crippen LogP contribution in [0, 0.1) is 6.92 Å². The first kappa shape index (κ1) is 15.0. The molecule has 1 aliphatic heterocycles. The number of carbonyl (C=O) groups excluding carboxylic acids is 1. The molecule has 1 aromatic rings. The Hall–Kier alpha value is -1.39. The second kappa shape index (κ2) is 6.86. The van der Waals surface area contributed by atoms with E-state index in [-0.39, 0.29) is 18.1 Å². The van der Waals surface area contributed by atoms with E-state index in [1.165, 1.54) is 11.1 Å². The van der Waals surface area contributed by atoms with Crippen molar-refractivity contribution < 1.29 is 9.53 Å². The van der Waals surface area contributed by atoms with Gasteiger partial charge >= 0.3 is 0 Å². The molecule has 0 aromatic heterocycles. The Morgan fingerprint density at radius 2 is 2.35 bits per heavy atom. The SMILES string of the molecule is Cc1cccc(CCC(=O)N2CCOC(C(C)N)C2)c1. The van der Waals surface area contributed by atoms with E-state index in [0.29, 0.717) is 26.1 Å². The number of benzene rings is 1. The van der Waals surface area contributed by atoms with E-state index in [9.17, 15) is 4.79 Å². The van der Waals surface area contributed by atoms with Crippen LogP contribution in [0.5, 0.6) is 0 Å². The van der Waals surface area contributed by atoms with Crippen molar-refractivity contribution in [3.8, 4) is 0 Å². The second-order valence-corrected chi connectivity index (χ2v) is 5.60. The third kappa shape index (κ3) is 4.05. The van der Waals surface area contributed by atoms with Crippen LogP contribution in [0.2, 0.25) is 0 Å². The number of hydrogen-bond acceptors (Lipinski definition) is 3. The maximum atomic E-state index is 12.3. The van der Waals surface area contributed by atoms with Gasteiger partial charge in [0.1, 0.15) is 0 Å². The van der Waals surface area contributed by atoms with Gasteiger partial charge in [0, 0.05) is 25.6 Å². The summed E-state index contributed by atoms with van der Waals surface area (Å²) in [6.45, 7) is 5.87. The summed E-state index contributed by atoms with van der Waals surface area (Å²) in [5.41, 5.74) is 8.30. The summed E-state index contributed by atoms with van der Waals surface area (Å²) in [5, 5.41) is 0. The predicted molar refractivity (Wildman–Crippen MR) is 79.5 cm³/mol. The van der Waals surface area contributed by atoms with Crippen LogP contribution in [0.3, 0.4) is 0 Å². The summed E-state index contributed by atoms with van der Waals surface area (Å²) in [5.74, 6) is 0.195. The van der Waals surface area contributed by atoms with E-state index < -0.39 is 0 Å². The Kier molecular flexibility index (Phi) is 5.15. The van der Waals surface area contributed by atoms with Crippen LogP contribution in [-0.2, 0) is 16.0 Å². The molecule has 1 fully saturated rings. The van der Waals surface area contributed by atoms with Crippen LogP contribution in [-0.4, -0.2) is 42.6 Å². The van der Waals surface area contributed by atoms with Crippen LogP contribution in [0.4, 0.5) is 0 Å². The molecule has 0 saturated carbocycles. The van der Waals surface area contributed by atoms with Crippen molar-refractivity contribution in [1.82, 2.24) is 4.90 Å². The number of nitrogens with zero attached hydrogens (tertiary/aromatic N) is 1. The van der Waals surface area contributed by atoms with Gasteiger partial charge in [-0.1, -0.05) is 29.8 Å². The molecule has 0 spiro atoms. The molecule has 1 aliphatic rings. The van der Waals surface area contributed by atoms with Gasteiger partial charge in [0.15, 0.2) is 0 Å². The fourth-order valence-electron chi connectivity index (χ4n) is 2.50. The van der Waals surface area contributed by atoms with Gasteiger partial charge in [-0.05, 0) is 25.8 Å². The number of morpholine rings is 1. The van der Waals surface area contributed by atoms with Crippen molar-refractivity contribution in [2.24, 2.45) is 5.73 Å². The molecule has 2 unspecified atom stereocenters. The van der Waals surface area contributed by atoms with E-state index >= 15 is 0 Å². The van der Waals surface area contributed by atoms with Crippen molar-refractivity contribution in [1.29, 1.82) is 0 Å². The average molecular weight is 276 g/mol. The Balaban J connectivity index is 1.85. The highest BCUT2D eigenvalue weighted by Crippen LogP contribution is 2.12. The molecule has 2 atom stereocenters. The summed E-state index contributed by atoms with van der Waals surface area (Å²) in [7, 11) is 0. The minimum atomic E-state index is -0.0395. The second-order valence-electron chi connectivity index (χ2n) is 5.60. The smallest absolute Gasteiger partial charge is 0.223 e. The molecule has 110 valence electrons. The summed E-state index contributed by atoms with van der Waals surface area (Å²) in [4.78, 5) is 14.1. The Labute approximate surface area is 120 Å². The van der Waals surface area contributed by atoms with Crippen LogP contribution >= 0.6 is 0 Å². The minimum absolute atomic E-state index is 0.0355. The molecule has 20 heavy (non-hydrogen) atoms. The molecule has 0 aliphatic carbocycles. The number of hydrogen-bond donors (Lipinski definition) is 1. The highest BCUT2D eigenvalue weighted by molar-refractivity contribution is 5.76. The maximum Gasteiger partial charge on any atom is 0.223 e. The number of carbonyl (C=O) groups is 1. The van der Waals surface area contributed by atoms with Crippen molar-refractivity contribution in [3.05, 3.63) is 35.4 Å². The summed E-state index contributed by atoms with van der Waals surface area (Å²) in [6, 6.07) is 8.28. The zero-order valence-electron chi connectivity index (χ0n) is 12.3. The molecule has 1 heterocycles. The third-order valence-corrected chi connectivity index (χ3v) is 3.74. The molecule has 1 aromatic carbocycles. The number of ether oxygens (including phenoxy) is 1. The zero-order valence-corrected chi connectivity index (χ0v) is 12.3. The third-order valence-electron chi connectivity index (χ3n) is 3.74. The van der Waals surface area contributed by atoms with Crippen molar-refractivity contribution in [2.45, 2.75) is 38.8 Å². The van der Waals surface area contributed by atoms with Crippen molar-refractivity contribution >= 4 is 5.91 Å². The van der Waals surface area contributed by atoms with Gasteiger partial charge in [-0.25, -0.2) is 0 Å². The first-order chi connectivity index (χ1) is 9.56. The van der Waals surface area contributed by atoms with E-state index in [1.807, 2.05) is 17.9 Å². The average Bonchev–Trinajstić information content (AvgIpc) is 2.45. The fourth-order valence-corrected chi connectivity index (χ4v) is 2.50. The van der Waals surface area contributed by atoms with E-state index in [4.69, 9.17) is 10.5 Å². The molecule has 1 saturated heterocycles. The van der Waals surface area contributed by atoms with Gasteiger partial charge in [-0.3, -0.25) is 4.79 Å².